The van der Waals surface area contributed by atoms with Crippen LogP contribution in [0.15, 0.2) is 4.99 Å². The van der Waals surface area contributed by atoms with Crippen LogP contribution in [-0.4, -0.2) is 60.7 Å². The van der Waals surface area contributed by atoms with E-state index in [1.54, 1.807) is 6.34 Å². The van der Waals surface area contributed by atoms with Crippen molar-refractivity contribution in [3.8, 4) is 0 Å². The molecule has 1 fully saturated rings. The van der Waals surface area contributed by atoms with Gasteiger partial charge >= 0.3 is 0 Å². The number of ether oxygens (including phenoxy) is 1. The summed E-state index contributed by atoms with van der Waals surface area (Å²) in [5.74, 6) is 0. The summed E-state index contributed by atoms with van der Waals surface area (Å²) < 4.78 is 5.08. The highest BCUT2D eigenvalue weighted by Crippen LogP contribution is 2.12. The lowest BCUT2D eigenvalue weighted by Crippen LogP contribution is -2.59. The molecule has 1 atom stereocenters. The summed E-state index contributed by atoms with van der Waals surface area (Å²) >= 11 is 0. The van der Waals surface area contributed by atoms with Gasteiger partial charge in [0.25, 0.3) is 0 Å². The van der Waals surface area contributed by atoms with Crippen LogP contribution in [0.25, 0.3) is 0 Å². The first kappa shape index (κ1) is 8.12. The molecule has 1 unspecified atom stereocenters. The number of nitrogens with zero attached hydrogens (tertiary/aromatic N) is 3. The average Bonchev–Trinajstić information content (AvgIpc) is 2.55. The molecule has 2 heterocycles. The van der Waals surface area contributed by atoms with Gasteiger partial charge < -0.3 is 4.74 Å². The van der Waals surface area contributed by atoms with E-state index in [0.717, 1.165) is 13.1 Å². The van der Waals surface area contributed by atoms with Gasteiger partial charge in [0.2, 0.25) is 6.34 Å². The fourth-order valence-electron chi connectivity index (χ4n) is 1.57. The molecule has 0 aromatic heterocycles. The second-order valence-corrected chi connectivity index (χ2v) is 3.10. The normalized spacial score (nSPS) is 37.4. The summed E-state index contributed by atoms with van der Waals surface area (Å²) in [5, 5.41) is 11.9. The molecule has 5 nitrogen and oxygen atoms in total. The van der Waals surface area contributed by atoms with Gasteiger partial charge in [0, 0.05) is 0 Å². The van der Waals surface area contributed by atoms with Crippen molar-refractivity contribution in [2.45, 2.75) is 0 Å². The number of quaternary nitrogens is 1. The molecule has 0 amide bonds. The molecule has 5 heteroatoms. The van der Waals surface area contributed by atoms with Crippen molar-refractivity contribution in [1.29, 1.82) is 0 Å². The smallest absolute Gasteiger partial charge is 0.238 e. The summed E-state index contributed by atoms with van der Waals surface area (Å²) in [6.45, 7) is 4.35. The van der Waals surface area contributed by atoms with E-state index in [-0.39, 0.29) is 4.76 Å². The lowest BCUT2D eigenvalue weighted by Gasteiger charge is -2.34. The van der Waals surface area contributed by atoms with Gasteiger partial charge in [0.05, 0.1) is 32.8 Å². The zero-order valence-corrected chi connectivity index (χ0v) is 7.02. The molecule has 12 heavy (non-hydrogen) atoms. The topological polar surface area (TPSA) is 45.1 Å². The predicted octanol–water partition coefficient (Wildman–Crippen LogP) is -0.518. The Hall–Kier alpha value is -0.490. The van der Waals surface area contributed by atoms with Crippen LogP contribution in [0.5, 0.6) is 0 Å². The molecule has 0 aromatic rings. The van der Waals surface area contributed by atoms with Gasteiger partial charge in [-0.2, -0.15) is 5.21 Å². The molecule has 2 aliphatic heterocycles. The van der Waals surface area contributed by atoms with E-state index in [2.05, 4.69) is 4.99 Å². The van der Waals surface area contributed by atoms with Crippen LogP contribution < -0.4 is 0 Å². The lowest BCUT2D eigenvalue weighted by atomic mass is 10.5. The van der Waals surface area contributed by atoms with Crippen molar-refractivity contribution in [1.82, 2.24) is 5.01 Å². The number of morpholine rings is 1. The minimum atomic E-state index is -0.122. The number of hydroxylamine groups is 2. The maximum Gasteiger partial charge on any atom is 0.238 e. The Balaban J connectivity index is 2.01. The minimum absolute atomic E-state index is 0.122. The highest BCUT2D eigenvalue weighted by Gasteiger charge is 2.36. The predicted molar refractivity (Wildman–Crippen MR) is 42.7 cm³/mol. The monoisotopic (exact) mass is 172 g/mol. The Bertz CT molecular complexity index is 191. The van der Waals surface area contributed by atoms with Gasteiger partial charge in [-0.3, -0.25) is 0 Å². The van der Waals surface area contributed by atoms with Gasteiger partial charge in [0.1, 0.15) is 0 Å². The molecule has 0 aromatic carbocycles. The van der Waals surface area contributed by atoms with Gasteiger partial charge in [-0.25, -0.2) is 4.99 Å². The van der Waals surface area contributed by atoms with E-state index >= 15 is 0 Å². The standard InChI is InChI=1S/C7H14N3O2/c11-10(4-1-8-7-10)9-2-5-12-6-3-9/h7,11H,1-6H2/q+1. The third kappa shape index (κ3) is 1.36. The summed E-state index contributed by atoms with van der Waals surface area (Å²) in [6.07, 6.45) is 1.60. The van der Waals surface area contributed by atoms with Gasteiger partial charge in [-0.1, -0.05) is 4.76 Å². The first-order valence-corrected chi connectivity index (χ1v) is 4.26. The average molecular weight is 172 g/mol. The van der Waals surface area contributed by atoms with Crippen LogP contribution in [0.3, 0.4) is 0 Å². The fraction of sp³-hybridized carbons (Fsp3) is 0.857. The zero-order chi connectivity index (χ0) is 8.44. The van der Waals surface area contributed by atoms with Gasteiger partial charge in [-0.15, -0.1) is 5.01 Å². The third-order valence-corrected chi connectivity index (χ3v) is 2.30. The van der Waals surface area contributed by atoms with Crippen LogP contribution in [0, 0.1) is 0 Å². The summed E-state index contributed by atoms with van der Waals surface area (Å²) in [7, 11) is 0. The molecule has 0 radical (unpaired) electrons. The van der Waals surface area contributed by atoms with Crippen molar-refractivity contribution in [3.05, 3.63) is 0 Å². The summed E-state index contributed by atoms with van der Waals surface area (Å²) in [4.78, 5) is 4.03. The van der Waals surface area contributed by atoms with E-state index in [4.69, 9.17) is 4.74 Å². The van der Waals surface area contributed by atoms with E-state index in [0.29, 0.717) is 26.3 Å². The van der Waals surface area contributed by atoms with Crippen molar-refractivity contribution in [2.75, 3.05) is 39.4 Å². The van der Waals surface area contributed by atoms with E-state index < -0.39 is 0 Å². The van der Waals surface area contributed by atoms with E-state index in [9.17, 15) is 5.21 Å². The van der Waals surface area contributed by atoms with Gasteiger partial charge in [0.15, 0.2) is 6.54 Å². The second kappa shape index (κ2) is 3.10. The van der Waals surface area contributed by atoms with E-state index in [1.807, 2.05) is 5.01 Å². The SMILES string of the molecule is O[N+]1(N2CCOCC2)C=NCC1. The molecule has 0 aliphatic carbocycles. The van der Waals surface area contributed by atoms with Crippen LogP contribution in [0.4, 0.5) is 0 Å². The highest BCUT2D eigenvalue weighted by molar-refractivity contribution is 5.46. The molecular weight excluding hydrogens is 158 g/mol. The largest absolute Gasteiger partial charge is 0.378 e. The van der Waals surface area contributed by atoms with Crippen molar-refractivity contribution in [3.63, 3.8) is 0 Å². The lowest BCUT2D eigenvalue weighted by molar-refractivity contribution is -1.11. The minimum Gasteiger partial charge on any atom is -0.378 e. The summed E-state index contributed by atoms with van der Waals surface area (Å²) in [6, 6.07) is 0. The third-order valence-electron chi connectivity index (χ3n) is 2.30. The van der Waals surface area contributed by atoms with Crippen LogP contribution in [0.1, 0.15) is 0 Å². The maximum atomic E-state index is 9.97. The summed E-state index contributed by atoms with van der Waals surface area (Å²) in [5.41, 5.74) is 0. The number of rotatable bonds is 1. The number of hydrogen-bond donors (Lipinski definition) is 1. The van der Waals surface area contributed by atoms with Crippen molar-refractivity contribution >= 4 is 6.34 Å². The molecule has 2 aliphatic rings. The molecule has 2 rings (SSSR count). The van der Waals surface area contributed by atoms with E-state index in [1.165, 1.54) is 0 Å². The van der Waals surface area contributed by atoms with Crippen LogP contribution in [-0.2, 0) is 4.74 Å². The molecule has 0 bridgehead atoms. The Labute approximate surface area is 71.4 Å². The first-order chi connectivity index (χ1) is 5.81. The quantitative estimate of drug-likeness (QED) is 0.541. The Morgan fingerprint density at radius 1 is 1.42 bits per heavy atom. The Kier molecular flexibility index (Phi) is 2.10. The fourth-order valence-corrected chi connectivity index (χ4v) is 1.57. The Morgan fingerprint density at radius 3 is 2.75 bits per heavy atom. The van der Waals surface area contributed by atoms with Gasteiger partial charge in [-0.05, 0) is 0 Å². The molecule has 1 saturated heterocycles. The molecular formula is C7H14N3O2+. The first-order valence-electron chi connectivity index (χ1n) is 4.26. The number of aliphatic imine (C=N–C) groups is 1. The molecule has 1 N–H and O–H groups in total. The highest BCUT2D eigenvalue weighted by atomic mass is 16.6. The second-order valence-electron chi connectivity index (χ2n) is 3.10. The molecule has 0 spiro atoms. The molecule has 68 valence electrons. The van der Waals surface area contributed by atoms with Crippen molar-refractivity contribution < 1.29 is 14.7 Å². The molecule has 0 saturated carbocycles. The zero-order valence-electron chi connectivity index (χ0n) is 7.02. The van der Waals surface area contributed by atoms with Crippen molar-refractivity contribution in [2.24, 2.45) is 4.99 Å². The Morgan fingerprint density at radius 2 is 2.17 bits per heavy atom. The number of hydrogen-bond acceptors (Lipinski definition) is 4. The van der Waals surface area contributed by atoms with Crippen LogP contribution in [0.2, 0.25) is 0 Å². The maximum absolute atomic E-state index is 9.97. The van der Waals surface area contributed by atoms with Crippen LogP contribution >= 0.6 is 0 Å².